The molecule has 0 amide bonds. The molecule has 3 N–H and O–H groups in total. The van der Waals surface area contributed by atoms with Crippen LogP contribution >= 0.6 is 11.6 Å². The van der Waals surface area contributed by atoms with Gasteiger partial charge in [-0.15, -0.1) is 0 Å². The van der Waals surface area contributed by atoms with Gasteiger partial charge in [0.05, 0.1) is 5.02 Å². The Labute approximate surface area is 111 Å². The highest BCUT2D eigenvalue weighted by Crippen LogP contribution is 2.24. The number of nitrogens with two attached hydrogens (primary N) is 1. The summed E-state index contributed by atoms with van der Waals surface area (Å²) in [7, 11) is 1.88. The number of pyridine rings is 2. The minimum atomic E-state index is 0.0473. The van der Waals surface area contributed by atoms with Gasteiger partial charge in [0.2, 0.25) is 0 Å². The van der Waals surface area contributed by atoms with E-state index in [0.717, 1.165) is 17.7 Å². The molecule has 0 aliphatic rings. The number of hydrogen-bond acceptors (Lipinski definition) is 4. The fraction of sp³-hybridized carbons (Fsp3) is 0.231. The molecule has 0 bridgehead atoms. The Morgan fingerprint density at radius 3 is 2.89 bits per heavy atom. The van der Waals surface area contributed by atoms with E-state index in [1.807, 2.05) is 31.3 Å². The van der Waals surface area contributed by atoms with Crippen molar-refractivity contribution in [2.75, 3.05) is 12.8 Å². The highest BCUT2D eigenvalue weighted by atomic mass is 35.5. The molecular formula is C13H15ClN4. The number of halogens is 1. The predicted octanol–water partition coefficient (Wildman–Crippen LogP) is 2.22. The Morgan fingerprint density at radius 1 is 1.39 bits per heavy atom. The lowest BCUT2D eigenvalue weighted by Gasteiger charge is -2.17. The van der Waals surface area contributed by atoms with E-state index >= 15 is 0 Å². The van der Waals surface area contributed by atoms with Crippen molar-refractivity contribution in [3.8, 4) is 0 Å². The van der Waals surface area contributed by atoms with Crippen molar-refractivity contribution in [2.45, 2.75) is 12.5 Å². The lowest BCUT2D eigenvalue weighted by atomic mass is 10.0. The molecule has 0 aromatic carbocycles. The van der Waals surface area contributed by atoms with Crippen molar-refractivity contribution in [1.82, 2.24) is 15.3 Å². The van der Waals surface area contributed by atoms with Crippen LogP contribution in [0.15, 0.2) is 36.7 Å². The van der Waals surface area contributed by atoms with Gasteiger partial charge in [-0.3, -0.25) is 4.98 Å². The van der Waals surface area contributed by atoms with Crippen molar-refractivity contribution in [1.29, 1.82) is 0 Å². The minimum Gasteiger partial charge on any atom is -0.383 e. The second-order valence-corrected chi connectivity index (χ2v) is 4.43. The molecule has 0 spiro atoms. The third-order valence-corrected chi connectivity index (χ3v) is 2.99. The molecule has 2 aromatic rings. The summed E-state index contributed by atoms with van der Waals surface area (Å²) < 4.78 is 0. The van der Waals surface area contributed by atoms with Gasteiger partial charge in [0.15, 0.2) is 0 Å². The summed E-state index contributed by atoms with van der Waals surface area (Å²) in [4.78, 5) is 8.38. The molecule has 2 heterocycles. The summed E-state index contributed by atoms with van der Waals surface area (Å²) in [6.07, 6.45) is 4.07. The molecule has 0 saturated carbocycles. The Hall–Kier alpha value is -1.65. The van der Waals surface area contributed by atoms with Gasteiger partial charge >= 0.3 is 0 Å². The average molecular weight is 263 g/mol. The Kier molecular flexibility index (Phi) is 4.12. The van der Waals surface area contributed by atoms with Crippen LogP contribution in [0.3, 0.4) is 0 Å². The highest BCUT2D eigenvalue weighted by Gasteiger charge is 2.15. The maximum absolute atomic E-state index is 5.96. The lowest BCUT2D eigenvalue weighted by molar-refractivity contribution is 0.584. The van der Waals surface area contributed by atoms with Crippen LogP contribution in [-0.4, -0.2) is 17.0 Å². The lowest BCUT2D eigenvalue weighted by Crippen LogP contribution is -2.21. The number of hydrogen-bond donors (Lipinski definition) is 2. The van der Waals surface area contributed by atoms with Crippen molar-refractivity contribution in [2.24, 2.45) is 0 Å². The van der Waals surface area contributed by atoms with E-state index < -0.39 is 0 Å². The van der Waals surface area contributed by atoms with Gasteiger partial charge in [0, 0.05) is 36.1 Å². The fourth-order valence-electron chi connectivity index (χ4n) is 1.84. The quantitative estimate of drug-likeness (QED) is 0.887. The Morgan fingerprint density at radius 2 is 2.22 bits per heavy atom. The van der Waals surface area contributed by atoms with Crippen molar-refractivity contribution >= 4 is 17.4 Å². The molecule has 0 saturated heterocycles. The molecule has 2 rings (SSSR count). The molecule has 1 atom stereocenters. The SMILES string of the molecule is CNC(Cc1ccccn1)c1cc(Cl)cnc1N. The molecule has 0 aliphatic carbocycles. The van der Waals surface area contributed by atoms with E-state index in [1.165, 1.54) is 0 Å². The van der Waals surface area contributed by atoms with E-state index in [-0.39, 0.29) is 6.04 Å². The largest absolute Gasteiger partial charge is 0.383 e. The normalized spacial score (nSPS) is 12.3. The van der Waals surface area contributed by atoms with Gasteiger partial charge < -0.3 is 11.1 Å². The number of rotatable bonds is 4. The summed E-state index contributed by atoms with van der Waals surface area (Å²) in [6.45, 7) is 0. The molecule has 18 heavy (non-hydrogen) atoms. The van der Waals surface area contributed by atoms with Crippen molar-refractivity contribution < 1.29 is 0 Å². The maximum atomic E-state index is 5.96. The Bertz CT molecular complexity index is 516. The zero-order valence-corrected chi connectivity index (χ0v) is 10.9. The van der Waals surface area contributed by atoms with Crippen molar-refractivity contribution in [3.63, 3.8) is 0 Å². The Balaban J connectivity index is 2.26. The number of nitrogens with one attached hydrogen (secondary N) is 1. The number of likely N-dealkylation sites (N-methyl/N-ethyl adjacent to an activating group) is 1. The summed E-state index contributed by atoms with van der Waals surface area (Å²) in [6, 6.07) is 7.74. The monoisotopic (exact) mass is 262 g/mol. The van der Waals surface area contributed by atoms with Crippen LogP contribution in [0, 0.1) is 0 Å². The van der Waals surface area contributed by atoms with Crippen LogP contribution in [0.25, 0.3) is 0 Å². The van der Waals surface area contributed by atoms with Gasteiger partial charge in [-0.05, 0) is 25.2 Å². The van der Waals surface area contributed by atoms with Crippen molar-refractivity contribution in [3.05, 3.63) is 52.9 Å². The second-order valence-electron chi connectivity index (χ2n) is 3.99. The van der Waals surface area contributed by atoms with Crippen LogP contribution in [-0.2, 0) is 6.42 Å². The van der Waals surface area contributed by atoms with Crippen LogP contribution in [0.4, 0.5) is 5.82 Å². The summed E-state index contributed by atoms with van der Waals surface area (Å²) in [5, 5.41) is 3.80. The van der Waals surface area contributed by atoms with E-state index in [9.17, 15) is 0 Å². The maximum Gasteiger partial charge on any atom is 0.128 e. The second kappa shape index (κ2) is 5.80. The standard InChI is InChI=1S/C13H15ClN4/c1-16-12(7-10-4-2-3-5-17-10)11-6-9(14)8-18-13(11)15/h2-6,8,12,16H,7H2,1H3,(H2,15,18). The molecular weight excluding hydrogens is 248 g/mol. The van der Waals surface area contributed by atoms with Crippen LogP contribution in [0.2, 0.25) is 5.02 Å². The van der Waals surface area contributed by atoms with Gasteiger partial charge in [-0.25, -0.2) is 4.98 Å². The zero-order chi connectivity index (χ0) is 13.0. The minimum absolute atomic E-state index is 0.0473. The molecule has 94 valence electrons. The van der Waals surface area contributed by atoms with Gasteiger partial charge in [-0.2, -0.15) is 0 Å². The topological polar surface area (TPSA) is 63.8 Å². The number of anilines is 1. The van der Waals surface area contributed by atoms with Gasteiger partial charge in [0.25, 0.3) is 0 Å². The summed E-state index contributed by atoms with van der Waals surface area (Å²) >= 11 is 5.96. The molecule has 5 heteroatoms. The summed E-state index contributed by atoms with van der Waals surface area (Å²) in [5.74, 6) is 0.495. The van der Waals surface area contributed by atoms with Crippen LogP contribution in [0.5, 0.6) is 0 Å². The number of nitrogen functional groups attached to an aromatic ring is 1. The first-order chi connectivity index (χ1) is 8.70. The summed E-state index contributed by atoms with van der Waals surface area (Å²) in [5.41, 5.74) is 7.78. The van der Waals surface area contributed by atoms with Gasteiger partial charge in [-0.1, -0.05) is 17.7 Å². The van der Waals surface area contributed by atoms with E-state index in [1.54, 1.807) is 12.4 Å². The van der Waals surface area contributed by atoms with E-state index in [0.29, 0.717) is 10.8 Å². The third kappa shape index (κ3) is 2.97. The molecule has 0 radical (unpaired) electrons. The molecule has 0 fully saturated rings. The average Bonchev–Trinajstić information content (AvgIpc) is 2.40. The third-order valence-electron chi connectivity index (χ3n) is 2.78. The molecule has 4 nitrogen and oxygen atoms in total. The predicted molar refractivity (Wildman–Crippen MR) is 73.4 cm³/mol. The smallest absolute Gasteiger partial charge is 0.128 e. The first kappa shape index (κ1) is 12.8. The number of nitrogens with zero attached hydrogens (tertiary/aromatic N) is 2. The fourth-order valence-corrected chi connectivity index (χ4v) is 2.01. The van der Waals surface area contributed by atoms with Gasteiger partial charge in [0.1, 0.15) is 5.82 Å². The molecule has 2 aromatic heterocycles. The zero-order valence-electron chi connectivity index (χ0n) is 10.1. The molecule has 0 aliphatic heterocycles. The highest BCUT2D eigenvalue weighted by molar-refractivity contribution is 6.30. The van der Waals surface area contributed by atoms with Crippen LogP contribution < -0.4 is 11.1 Å². The molecule has 1 unspecified atom stereocenters. The van der Waals surface area contributed by atoms with E-state index in [4.69, 9.17) is 17.3 Å². The first-order valence-corrected chi connectivity index (χ1v) is 6.06. The van der Waals surface area contributed by atoms with E-state index in [2.05, 4.69) is 15.3 Å². The first-order valence-electron chi connectivity index (χ1n) is 5.69. The number of aromatic nitrogens is 2. The van der Waals surface area contributed by atoms with Crippen LogP contribution in [0.1, 0.15) is 17.3 Å².